The zero-order valence-electron chi connectivity index (χ0n) is 12.7. The Labute approximate surface area is 140 Å². The molecule has 0 aromatic heterocycles. The lowest BCUT2D eigenvalue weighted by atomic mass is 10.0. The van der Waals surface area contributed by atoms with E-state index in [9.17, 15) is 9.59 Å². The van der Waals surface area contributed by atoms with E-state index < -0.39 is 0 Å². The molecule has 1 fully saturated rings. The van der Waals surface area contributed by atoms with Crippen LogP contribution >= 0.6 is 11.6 Å². The van der Waals surface area contributed by atoms with Crippen molar-refractivity contribution in [1.82, 2.24) is 10.2 Å². The summed E-state index contributed by atoms with van der Waals surface area (Å²) in [5, 5.41) is 12.1. The highest BCUT2D eigenvalue weighted by Gasteiger charge is 2.22. The molecule has 1 aliphatic heterocycles. The van der Waals surface area contributed by atoms with Gasteiger partial charge in [-0.2, -0.15) is 5.26 Å². The minimum atomic E-state index is -0.151. The Morgan fingerprint density at radius 2 is 1.96 bits per heavy atom. The Bertz CT molecular complexity index is 626. The third-order valence-electron chi connectivity index (χ3n) is 3.72. The maximum atomic E-state index is 11.9. The number of amides is 2. The summed E-state index contributed by atoms with van der Waals surface area (Å²) in [6.07, 6.45) is 4.56. The molecule has 0 radical (unpaired) electrons. The van der Waals surface area contributed by atoms with Gasteiger partial charge in [0.05, 0.1) is 6.07 Å². The van der Waals surface area contributed by atoms with E-state index in [1.54, 1.807) is 23.1 Å². The molecule has 0 unspecified atom stereocenters. The molecule has 0 atom stereocenters. The van der Waals surface area contributed by atoms with Crippen LogP contribution in [-0.4, -0.2) is 35.8 Å². The Morgan fingerprint density at radius 3 is 2.57 bits per heavy atom. The minimum absolute atomic E-state index is 0.0588. The monoisotopic (exact) mass is 331 g/mol. The lowest BCUT2D eigenvalue weighted by molar-refractivity contribution is -0.131. The van der Waals surface area contributed by atoms with Crippen molar-refractivity contribution < 1.29 is 9.59 Å². The summed E-state index contributed by atoms with van der Waals surface area (Å²) in [6, 6.07) is 9.14. The fraction of sp³-hybridized carbons (Fsp3) is 0.353. The molecule has 1 aromatic rings. The molecule has 23 heavy (non-hydrogen) atoms. The van der Waals surface area contributed by atoms with Gasteiger partial charge in [-0.15, -0.1) is 0 Å². The predicted molar refractivity (Wildman–Crippen MR) is 88.5 cm³/mol. The molecule has 0 aliphatic carbocycles. The molecule has 0 saturated carbocycles. The highest BCUT2D eigenvalue weighted by Crippen LogP contribution is 2.12. The van der Waals surface area contributed by atoms with Crippen molar-refractivity contribution in [3.8, 4) is 6.07 Å². The normalized spacial score (nSPS) is 15.4. The number of nitrogens with one attached hydrogen (secondary N) is 1. The fourth-order valence-corrected chi connectivity index (χ4v) is 2.57. The number of hydrogen-bond donors (Lipinski definition) is 1. The first-order valence-electron chi connectivity index (χ1n) is 7.47. The molecule has 0 spiro atoms. The van der Waals surface area contributed by atoms with Gasteiger partial charge in [0.2, 0.25) is 11.8 Å². The van der Waals surface area contributed by atoms with Gasteiger partial charge in [0.25, 0.3) is 0 Å². The van der Waals surface area contributed by atoms with Crippen molar-refractivity contribution in [2.24, 2.45) is 0 Å². The Kier molecular flexibility index (Phi) is 6.19. The van der Waals surface area contributed by atoms with E-state index in [0.29, 0.717) is 31.0 Å². The van der Waals surface area contributed by atoms with E-state index >= 15 is 0 Å². The number of piperidine rings is 1. The molecular weight excluding hydrogens is 314 g/mol. The van der Waals surface area contributed by atoms with E-state index in [4.69, 9.17) is 16.9 Å². The number of rotatable bonds is 4. The summed E-state index contributed by atoms with van der Waals surface area (Å²) in [5.74, 6) is -0.290. The number of likely N-dealkylation sites (tertiary alicyclic amines) is 1. The molecule has 1 N–H and O–H groups in total. The number of nitriles is 1. The SMILES string of the molecule is N#CCC(=O)N1CCC(NC(=O)/C=C/c2ccc(Cl)cc2)CC1. The summed E-state index contributed by atoms with van der Waals surface area (Å²) >= 11 is 5.81. The van der Waals surface area contributed by atoms with Crippen LogP contribution in [0.2, 0.25) is 5.02 Å². The smallest absolute Gasteiger partial charge is 0.244 e. The molecule has 1 aromatic carbocycles. The second-order valence-electron chi connectivity index (χ2n) is 5.38. The highest BCUT2D eigenvalue weighted by atomic mass is 35.5. The second kappa shape index (κ2) is 8.35. The third-order valence-corrected chi connectivity index (χ3v) is 3.97. The van der Waals surface area contributed by atoms with E-state index in [2.05, 4.69) is 5.32 Å². The average Bonchev–Trinajstić information content (AvgIpc) is 2.55. The van der Waals surface area contributed by atoms with Crippen LogP contribution in [0.25, 0.3) is 6.08 Å². The van der Waals surface area contributed by atoms with Crippen molar-refractivity contribution in [2.75, 3.05) is 13.1 Å². The molecule has 0 bridgehead atoms. The van der Waals surface area contributed by atoms with Crippen LogP contribution in [0.5, 0.6) is 0 Å². The molecule has 5 nitrogen and oxygen atoms in total. The lowest BCUT2D eigenvalue weighted by Gasteiger charge is -2.31. The first-order chi connectivity index (χ1) is 11.1. The van der Waals surface area contributed by atoms with E-state index in [1.807, 2.05) is 18.2 Å². The van der Waals surface area contributed by atoms with Crippen LogP contribution < -0.4 is 5.32 Å². The Hall–Kier alpha value is -2.32. The van der Waals surface area contributed by atoms with Gasteiger partial charge in [-0.3, -0.25) is 9.59 Å². The first-order valence-corrected chi connectivity index (χ1v) is 7.85. The van der Waals surface area contributed by atoms with E-state index in [-0.39, 0.29) is 24.3 Å². The summed E-state index contributed by atoms with van der Waals surface area (Å²) in [5.41, 5.74) is 0.904. The molecule has 1 aliphatic rings. The van der Waals surface area contributed by atoms with Gasteiger partial charge in [-0.25, -0.2) is 0 Å². The van der Waals surface area contributed by atoms with Gasteiger partial charge in [0, 0.05) is 30.2 Å². The average molecular weight is 332 g/mol. The van der Waals surface area contributed by atoms with Gasteiger partial charge in [0.1, 0.15) is 6.42 Å². The molecule has 6 heteroatoms. The van der Waals surface area contributed by atoms with E-state index in [0.717, 1.165) is 5.56 Å². The predicted octanol–water partition coefficient (Wildman–Crippen LogP) is 2.37. The number of hydrogen-bond acceptors (Lipinski definition) is 3. The van der Waals surface area contributed by atoms with Crippen molar-refractivity contribution in [2.45, 2.75) is 25.3 Å². The first kappa shape index (κ1) is 17.0. The number of halogens is 1. The molecule has 120 valence electrons. The standard InChI is InChI=1S/C17H18ClN3O2/c18-14-4-1-13(2-5-14)3-6-16(22)20-15-8-11-21(12-9-15)17(23)7-10-19/h1-6,15H,7-9,11-12H2,(H,20,22)/b6-3+. The largest absolute Gasteiger partial charge is 0.350 e. The number of benzene rings is 1. The fourth-order valence-electron chi connectivity index (χ4n) is 2.45. The zero-order valence-corrected chi connectivity index (χ0v) is 13.4. The van der Waals surface area contributed by atoms with Gasteiger partial charge >= 0.3 is 0 Å². The Balaban J connectivity index is 1.77. The van der Waals surface area contributed by atoms with Crippen LogP contribution in [0.4, 0.5) is 0 Å². The molecular formula is C17H18ClN3O2. The molecule has 2 amide bonds. The van der Waals surface area contributed by atoms with Gasteiger partial charge in [-0.05, 0) is 36.6 Å². The van der Waals surface area contributed by atoms with Crippen molar-refractivity contribution >= 4 is 29.5 Å². The molecule has 1 saturated heterocycles. The summed E-state index contributed by atoms with van der Waals surface area (Å²) in [7, 11) is 0. The van der Waals surface area contributed by atoms with Crippen LogP contribution in [0.15, 0.2) is 30.3 Å². The third kappa shape index (κ3) is 5.42. The van der Waals surface area contributed by atoms with Gasteiger partial charge < -0.3 is 10.2 Å². The highest BCUT2D eigenvalue weighted by molar-refractivity contribution is 6.30. The lowest BCUT2D eigenvalue weighted by Crippen LogP contribution is -2.46. The summed E-state index contributed by atoms with van der Waals surface area (Å²) in [4.78, 5) is 25.2. The maximum absolute atomic E-state index is 11.9. The van der Waals surface area contributed by atoms with Crippen LogP contribution in [0.1, 0.15) is 24.8 Å². The Morgan fingerprint density at radius 1 is 1.30 bits per heavy atom. The number of carbonyl (C=O) groups is 2. The van der Waals surface area contributed by atoms with Crippen molar-refractivity contribution in [1.29, 1.82) is 5.26 Å². The van der Waals surface area contributed by atoms with Crippen molar-refractivity contribution in [3.05, 3.63) is 40.9 Å². The second-order valence-corrected chi connectivity index (χ2v) is 5.82. The topological polar surface area (TPSA) is 73.2 Å². The van der Waals surface area contributed by atoms with Crippen LogP contribution in [-0.2, 0) is 9.59 Å². The quantitative estimate of drug-likeness (QED) is 0.861. The van der Waals surface area contributed by atoms with Crippen LogP contribution in [0.3, 0.4) is 0 Å². The van der Waals surface area contributed by atoms with Crippen LogP contribution in [0, 0.1) is 11.3 Å². The number of nitrogens with zero attached hydrogens (tertiary/aromatic N) is 2. The summed E-state index contributed by atoms with van der Waals surface area (Å²) < 4.78 is 0. The van der Waals surface area contributed by atoms with E-state index in [1.165, 1.54) is 6.08 Å². The van der Waals surface area contributed by atoms with Gasteiger partial charge in [0.15, 0.2) is 0 Å². The molecule has 1 heterocycles. The summed E-state index contributed by atoms with van der Waals surface area (Å²) in [6.45, 7) is 1.15. The maximum Gasteiger partial charge on any atom is 0.244 e. The molecule has 2 rings (SSSR count). The minimum Gasteiger partial charge on any atom is -0.350 e. The zero-order chi connectivity index (χ0) is 16.7. The van der Waals surface area contributed by atoms with Crippen molar-refractivity contribution in [3.63, 3.8) is 0 Å². The number of carbonyl (C=O) groups excluding carboxylic acids is 2. The van der Waals surface area contributed by atoms with Gasteiger partial charge in [-0.1, -0.05) is 23.7 Å².